The van der Waals surface area contributed by atoms with Crippen LogP contribution in [-0.2, 0) is 0 Å². The highest BCUT2D eigenvalue weighted by Gasteiger charge is 2.53. The van der Waals surface area contributed by atoms with Crippen LogP contribution in [0, 0.1) is 11.8 Å². The van der Waals surface area contributed by atoms with E-state index in [1.807, 2.05) is 0 Å². The molecule has 4 fully saturated rings. The lowest BCUT2D eigenvalue weighted by Crippen LogP contribution is -2.83. The Morgan fingerprint density at radius 2 is 1.18 bits per heavy atom. The fraction of sp³-hybridized carbons (Fsp3) is 1.00. The molecule has 4 bridgehead atoms. The predicted octanol–water partition coefficient (Wildman–Crippen LogP) is 1.42. The second-order valence-corrected chi connectivity index (χ2v) is 6.58. The largest absolute Gasteiger partial charge is 0.262 e. The fourth-order valence-corrected chi connectivity index (χ4v) is 4.10. The van der Waals surface area contributed by atoms with Gasteiger partial charge in [0, 0.05) is 0 Å². The minimum Gasteiger partial charge on any atom is -0.262 e. The van der Waals surface area contributed by atoms with Gasteiger partial charge < -0.3 is 0 Å². The molecule has 0 spiro atoms. The van der Waals surface area contributed by atoms with E-state index in [1.165, 1.54) is 0 Å². The Bertz CT molecular complexity index is 280. The molecule has 0 saturated carbocycles. The molecule has 0 aromatic rings. The van der Waals surface area contributed by atoms with E-state index in [2.05, 4.69) is 54.2 Å². The molecule has 4 aliphatic rings. The van der Waals surface area contributed by atoms with Crippen LogP contribution in [0.4, 0.5) is 0 Å². The highest BCUT2D eigenvalue weighted by atomic mass is 15.7. The average Bonchev–Trinajstić information content (AvgIpc) is 2.23. The zero-order valence-electron chi connectivity index (χ0n) is 11.8. The summed E-state index contributed by atoms with van der Waals surface area (Å²) in [5.41, 5.74) is 0. The Hall–Kier alpha value is -0.160. The molecule has 0 aliphatic carbocycles. The van der Waals surface area contributed by atoms with Gasteiger partial charge in [0.05, 0.1) is 38.5 Å². The van der Waals surface area contributed by atoms with Gasteiger partial charge in [-0.25, -0.2) is 0 Å². The molecule has 4 heterocycles. The molecule has 4 aliphatic heterocycles. The van der Waals surface area contributed by atoms with Crippen molar-refractivity contribution in [2.75, 3.05) is 20.0 Å². The maximum absolute atomic E-state index is 2.74. The summed E-state index contributed by atoms with van der Waals surface area (Å²) in [5, 5.41) is 0. The van der Waals surface area contributed by atoms with Gasteiger partial charge in [0.1, 0.15) is 0 Å². The van der Waals surface area contributed by atoms with Crippen molar-refractivity contribution in [3.8, 4) is 0 Å². The summed E-state index contributed by atoms with van der Waals surface area (Å²) in [6.07, 6.45) is 1.86. The van der Waals surface area contributed by atoms with Crippen LogP contribution in [0.15, 0.2) is 0 Å². The minimum atomic E-state index is 0.600. The van der Waals surface area contributed by atoms with Crippen LogP contribution < -0.4 is 0 Å². The SMILES string of the molecule is CC(C)C1N2CN3CN(C2)C(C(C)C)N1C3C. The van der Waals surface area contributed by atoms with Gasteiger partial charge in [0.2, 0.25) is 0 Å². The fourth-order valence-electron chi connectivity index (χ4n) is 4.10. The summed E-state index contributed by atoms with van der Waals surface area (Å²) < 4.78 is 0. The molecule has 4 nitrogen and oxygen atoms in total. The van der Waals surface area contributed by atoms with E-state index in [1.54, 1.807) is 0 Å². The molecule has 5 atom stereocenters. The first kappa shape index (κ1) is 11.9. The normalized spacial score (nSPS) is 52.8. The van der Waals surface area contributed by atoms with Crippen LogP contribution >= 0.6 is 0 Å². The maximum Gasteiger partial charge on any atom is 0.0696 e. The third kappa shape index (κ3) is 1.58. The summed E-state index contributed by atoms with van der Waals surface area (Å²) in [7, 11) is 0. The summed E-state index contributed by atoms with van der Waals surface area (Å²) in [6.45, 7) is 15.3. The first-order chi connectivity index (χ1) is 8.00. The van der Waals surface area contributed by atoms with E-state index in [9.17, 15) is 0 Å². The summed E-state index contributed by atoms with van der Waals surface area (Å²) in [4.78, 5) is 10.6. The van der Waals surface area contributed by atoms with Crippen LogP contribution in [-0.4, -0.2) is 58.1 Å². The van der Waals surface area contributed by atoms with Crippen molar-refractivity contribution in [2.45, 2.75) is 53.1 Å². The summed E-state index contributed by atoms with van der Waals surface area (Å²) >= 11 is 0. The van der Waals surface area contributed by atoms with E-state index in [4.69, 9.17) is 0 Å². The van der Waals surface area contributed by atoms with E-state index >= 15 is 0 Å². The van der Waals surface area contributed by atoms with Crippen molar-refractivity contribution >= 4 is 0 Å². The first-order valence-electron chi connectivity index (χ1n) is 7.00. The number of hydrogen-bond acceptors (Lipinski definition) is 4. The summed E-state index contributed by atoms with van der Waals surface area (Å²) in [6, 6.07) is 0. The lowest BCUT2D eigenvalue weighted by molar-refractivity contribution is -0.306. The monoisotopic (exact) mass is 238 g/mol. The first-order valence-corrected chi connectivity index (χ1v) is 7.00. The summed E-state index contributed by atoms with van der Waals surface area (Å²) in [5.74, 6) is 1.42. The molecular weight excluding hydrogens is 212 g/mol. The molecule has 0 aromatic carbocycles. The topological polar surface area (TPSA) is 13.0 Å². The van der Waals surface area contributed by atoms with Crippen molar-refractivity contribution in [3.05, 3.63) is 0 Å². The highest BCUT2D eigenvalue weighted by molar-refractivity contribution is 4.98. The van der Waals surface area contributed by atoms with Gasteiger partial charge in [-0.3, -0.25) is 19.6 Å². The smallest absolute Gasteiger partial charge is 0.0696 e. The number of hydrogen-bond donors (Lipinski definition) is 0. The van der Waals surface area contributed by atoms with Crippen molar-refractivity contribution in [3.63, 3.8) is 0 Å². The second-order valence-electron chi connectivity index (χ2n) is 6.58. The average molecular weight is 238 g/mol. The van der Waals surface area contributed by atoms with Crippen LogP contribution in [0.3, 0.4) is 0 Å². The standard InChI is InChI=1S/C13H26N4/c1-9(2)12-15-6-14-7-16(8-15)13(10(3)4)17(12)11(14)5/h9-13H,6-8H2,1-5H3. The molecule has 4 rings (SSSR count). The Labute approximate surface area is 105 Å². The molecule has 98 valence electrons. The molecule has 17 heavy (non-hydrogen) atoms. The number of rotatable bonds is 2. The van der Waals surface area contributed by atoms with E-state index < -0.39 is 0 Å². The van der Waals surface area contributed by atoms with Crippen LogP contribution in [0.25, 0.3) is 0 Å². The third-order valence-corrected chi connectivity index (χ3v) is 4.60. The van der Waals surface area contributed by atoms with Gasteiger partial charge >= 0.3 is 0 Å². The van der Waals surface area contributed by atoms with Gasteiger partial charge in [0.25, 0.3) is 0 Å². The lowest BCUT2D eigenvalue weighted by Gasteiger charge is -2.68. The molecule has 0 amide bonds. The molecule has 0 aromatic heterocycles. The molecule has 0 radical (unpaired) electrons. The van der Waals surface area contributed by atoms with Crippen LogP contribution in [0.1, 0.15) is 34.6 Å². The quantitative estimate of drug-likeness (QED) is 0.721. The van der Waals surface area contributed by atoms with E-state index in [0.717, 1.165) is 20.0 Å². The minimum absolute atomic E-state index is 0.600. The molecule has 4 saturated heterocycles. The lowest BCUT2D eigenvalue weighted by atomic mass is 9.97. The molecular formula is C13H26N4. The Morgan fingerprint density at radius 1 is 0.765 bits per heavy atom. The Kier molecular flexibility index (Phi) is 2.74. The predicted molar refractivity (Wildman–Crippen MR) is 68.7 cm³/mol. The zero-order valence-corrected chi connectivity index (χ0v) is 11.8. The van der Waals surface area contributed by atoms with E-state index in [-0.39, 0.29) is 0 Å². The molecule has 4 heteroatoms. The van der Waals surface area contributed by atoms with Crippen LogP contribution in [0.2, 0.25) is 0 Å². The van der Waals surface area contributed by atoms with Crippen LogP contribution in [0.5, 0.6) is 0 Å². The van der Waals surface area contributed by atoms with Gasteiger partial charge in [0.15, 0.2) is 0 Å². The highest BCUT2D eigenvalue weighted by Crippen LogP contribution is 2.39. The zero-order chi connectivity index (χ0) is 12.3. The molecule has 5 unspecified atom stereocenters. The van der Waals surface area contributed by atoms with Gasteiger partial charge in [-0.2, -0.15) is 0 Å². The van der Waals surface area contributed by atoms with Crippen molar-refractivity contribution < 1.29 is 0 Å². The van der Waals surface area contributed by atoms with Gasteiger partial charge in [-0.15, -0.1) is 0 Å². The second kappa shape index (κ2) is 3.92. The maximum atomic E-state index is 2.74. The Balaban J connectivity index is 1.95. The Morgan fingerprint density at radius 3 is 1.59 bits per heavy atom. The van der Waals surface area contributed by atoms with Crippen molar-refractivity contribution in [1.29, 1.82) is 0 Å². The van der Waals surface area contributed by atoms with E-state index in [0.29, 0.717) is 30.3 Å². The molecule has 0 N–H and O–H groups in total. The van der Waals surface area contributed by atoms with Crippen molar-refractivity contribution in [2.24, 2.45) is 11.8 Å². The third-order valence-electron chi connectivity index (χ3n) is 4.60. The van der Waals surface area contributed by atoms with Crippen molar-refractivity contribution in [1.82, 2.24) is 19.6 Å². The number of nitrogens with zero attached hydrogens (tertiary/aromatic N) is 4. The van der Waals surface area contributed by atoms with Gasteiger partial charge in [-0.1, -0.05) is 27.7 Å². The van der Waals surface area contributed by atoms with Gasteiger partial charge in [-0.05, 0) is 18.8 Å².